The number of halogens is 1. The van der Waals surface area contributed by atoms with E-state index in [0.717, 1.165) is 15.9 Å². The normalized spacial score (nSPS) is 15.3. The lowest BCUT2D eigenvalue weighted by Gasteiger charge is -2.26. The minimum Gasteiger partial charge on any atom is -0.379 e. The minimum absolute atomic E-state index is 0.0222. The Morgan fingerprint density at radius 1 is 1.26 bits per heavy atom. The number of benzene rings is 1. The molecule has 1 aromatic carbocycles. The van der Waals surface area contributed by atoms with Crippen molar-refractivity contribution in [1.29, 1.82) is 0 Å². The lowest BCUT2D eigenvalue weighted by molar-refractivity contribution is -0.116. The molecule has 1 saturated heterocycles. The number of anilines is 1. The summed E-state index contributed by atoms with van der Waals surface area (Å²) in [5.74, 6) is -0.967. The second kappa shape index (κ2) is 8.46. The van der Waals surface area contributed by atoms with Crippen molar-refractivity contribution < 1.29 is 22.3 Å². The smallest absolute Gasteiger partial charge is 0.263 e. The summed E-state index contributed by atoms with van der Waals surface area (Å²) >= 11 is 1.12. The number of nitrogens with zero attached hydrogens (tertiary/aromatic N) is 3. The van der Waals surface area contributed by atoms with E-state index in [1.54, 1.807) is 6.92 Å². The van der Waals surface area contributed by atoms with Crippen LogP contribution in [0.5, 0.6) is 0 Å². The number of sulfonamides is 1. The molecule has 1 N–H and O–H groups in total. The van der Waals surface area contributed by atoms with Crippen LogP contribution < -0.4 is 10.9 Å². The second-order valence-corrected chi connectivity index (χ2v) is 9.99. The number of fused-ring (bicyclic) bond motifs is 1. The van der Waals surface area contributed by atoms with Gasteiger partial charge in [-0.25, -0.2) is 17.8 Å². The van der Waals surface area contributed by atoms with Crippen LogP contribution in [0.4, 0.5) is 10.1 Å². The van der Waals surface area contributed by atoms with Crippen molar-refractivity contribution in [3.8, 4) is 0 Å². The van der Waals surface area contributed by atoms with Gasteiger partial charge in [-0.3, -0.25) is 14.2 Å². The summed E-state index contributed by atoms with van der Waals surface area (Å²) in [4.78, 5) is 30.4. The highest BCUT2D eigenvalue weighted by atomic mass is 32.2. The van der Waals surface area contributed by atoms with Gasteiger partial charge in [-0.15, -0.1) is 11.3 Å². The van der Waals surface area contributed by atoms with E-state index < -0.39 is 27.3 Å². The predicted octanol–water partition coefficient (Wildman–Crippen LogP) is 1.57. The number of ether oxygens (including phenoxy) is 1. The van der Waals surface area contributed by atoms with Gasteiger partial charge in [-0.1, -0.05) is 0 Å². The van der Waals surface area contributed by atoms with Gasteiger partial charge in [0.25, 0.3) is 5.56 Å². The lowest BCUT2D eigenvalue weighted by Crippen LogP contribution is -2.41. The number of aryl methyl sites for hydroxylation is 1. The van der Waals surface area contributed by atoms with Gasteiger partial charge < -0.3 is 10.1 Å². The molecule has 9 nitrogen and oxygen atoms in total. The first-order chi connectivity index (χ1) is 14.8. The average molecular weight is 467 g/mol. The monoisotopic (exact) mass is 466 g/mol. The molecule has 31 heavy (non-hydrogen) atoms. The van der Waals surface area contributed by atoms with Gasteiger partial charge in [-0.05, 0) is 31.2 Å². The van der Waals surface area contributed by atoms with Crippen LogP contribution >= 0.6 is 11.3 Å². The highest BCUT2D eigenvalue weighted by Crippen LogP contribution is 2.33. The zero-order valence-electron chi connectivity index (χ0n) is 16.5. The zero-order valence-corrected chi connectivity index (χ0v) is 18.1. The molecule has 164 valence electrons. The summed E-state index contributed by atoms with van der Waals surface area (Å²) in [5, 5.41) is 2.54. The molecule has 1 fully saturated rings. The van der Waals surface area contributed by atoms with Crippen LogP contribution in [0, 0.1) is 12.7 Å². The van der Waals surface area contributed by atoms with Crippen LogP contribution in [-0.4, -0.2) is 54.5 Å². The Balaban J connectivity index is 1.68. The maximum Gasteiger partial charge on any atom is 0.263 e. The fourth-order valence-electron chi connectivity index (χ4n) is 3.34. The van der Waals surface area contributed by atoms with E-state index in [0.29, 0.717) is 15.4 Å². The molecule has 0 bridgehead atoms. The number of morpholine rings is 1. The summed E-state index contributed by atoms with van der Waals surface area (Å²) in [6.07, 6.45) is 1.22. The van der Waals surface area contributed by atoms with E-state index in [1.165, 1.54) is 34.9 Å². The highest BCUT2D eigenvalue weighted by molar-refractivity contribution is 7.89. The number of amides is 1. The van der Waals surface area contributed by atoms with E-state index in [1.807, 2.05) is 0 Å². The van der Waals surface area contributed by atoms with Crippen molar-refractivity contribution in [1.82, 2.24) is 13.9 Å². The summed E-state index contributed by atoms with van der Waals surface area (Å²) < 4.78 is 47.1. The second-order valence-electron chi connectivity index (χ2n) is 6.92. The third kappa shape index (κ3) is 4.24. The first kappa shape index (κ1) is 21.6. The third-order valence-corrected chi connectivity index (χ3v) is 8.02. The fraction of sp³-hybridized carbons (Fsp3) is 0.316. The first-order valence-electron chi connectivity index (χ1n) is 9.39. The molecular weight excluding hydrogens is 447 g/mol. The van der Waals surface area contributed by atoms with Gasteiger partial charge >= 0.3 is 0 Å². The Kier molecular flexibility index (Phi) is 5.88. The molecule has 12 heteroatoms. The fourth-order valence-corrected chi connectivity index (χ4v) is 6.42. The molecule has 1 aliphatic heterocycles. The largest absolute Gasteiger partial charge is 0.379 e. The summed E-state index contributed by atoms with van der Waals surface area (Å²) in [7, 11) is -3.92. The van der Waals surface area contributed by atoms with Gasteiger partial charge in [0.1, 0.15) is 22.1 Å². The van der Waals surface area contributed by atoms with Crippen LogP contribution in [0.1, 0.15) is 4.88 Å². The average Bonchev–Trinajstić information content (AvgIpc) is 3.10. The van der Waals surface area contributed by atoms with Crippen molar-refractivity contribution in [3.05, 3.63) is 51.6 Å². The standard InChI is InChI=1S/C19H19FN4O5S2/c1-12-17(31(27,28)24-6-8-29-9-7-24)16-18(30-12)21-11-23(19(16)26)10-15(25)22-14-4-2-13(20)3-5-14/h2-5,11H,6-10H2,1H3,(H,22,25). The van der Waals surface area contributed by atoms with Crippen molar-refractivity contribution in [2.75, 3.05) is 31.6 Å². The van der Waals surface area contributed by atoms with Gasteiger partial charge in [0.05, 0.1) is 24.9 Å². The van der Waals surface area contributed by atoms with E-state index in [2.05, 4.69) is 10.3 Å². The number of thiophene rings is 1. The molecule has 0 radical (unpaired) electrons. The quantitative estimate of drug-likeness (QED) is 0.611. The Morgan fingerprint density at radius 2 is 1.94 bits per heavy atom. The van der Waals surface area contributed by atoms with E-state index in [4.69, 9.17) is 4.74 Å². The molecule has 0 atom stereocenters. The molecule has 2 aromatic heterocycles. The van der Waals surface area contributed by atoms with Gasteiger partial charge in [0.2, 0.25) is 15.9 Å². The molecule has 0 saturated carbocycles. The molecular formula is C19H19FN4O5S2. The molecule has 0 unspecified atom stereocenters. The number of aromatic nitrogens is 2. The van der Waals surface area contributed by atoms with Gasteiger partial charge in [-0.2, -0.15) is 4.31 Å². The van der Waals surface area contributed by atoms with Crippen molar-refractivity contribution in [3.63, 3.8) is 0 Å². The minimum atomic E-state index is -3.92. The predicted molar refractivity (Wildman–Crippen MR) is 113 cm³/mol. The number of carbonyl (C=O) groups excluding carboxylic acids is 1. The maximum absolute atomic E-state index is 13.2. The molecule has 3 aromatic rings. The number of hydrogen-bond acceptors (Lipinski definition) is 7. The van der Waals surface area contributed by atoms with Crippen LogP contribution in [0.2, 0.25) is 0 Å². The maximum atomic E-state index is 13.2. The van der Waals surface area contributed by atoms with E-state index in [-0.39, 0.29) is 43.1 Å². The van der Waals surface area contributed by atoms with E-state index >= 15 is 0 Å². The highest BCUT2D eigenvalue weighted by Gasteiger charge is 2.32. The Hall–Kier alpha value is -2.67. The zero-order chi connectivity index (χ0) is 22.2. The number of hydrogen-bond donors (Lipinski definition) is 1. The first-order valence-corrected chi connectivity index (χ1v) is 11.6. The van der Waals surface area contributed by atoms with Crippen LogP contribution in [0.15, 0.2) is 40.3 Å². The molecule has 3 heterocycles. The molecule has 0 aliphatic carbocycles. The lowest BCUT2D eigenvalue weighted by atomic mass is 10.3. The third-order valence-electron chi connectivity index (χ3n) is 4.81. The van der Waals surface area contributed by atoms with Crippen LogP contribution in [-0.2, 0) is 26.1 Å². The Morgan fingerprint density at radius 3 is 2.61 bits per heavy atom. The topological polar surface area (TPSA) is 111 Å². The number of nitrogens with one attached hydrogen (secondary N) is 1. The Labute approximate surface area is 181 Å². The summed E-state index contributed by atoms with van der Waals surface area (Å²) in [5.41, 5.74) is -0.245. The van der Waals surface area contributed by atoms with Crippen molar-refractivity contribution >= 4 is 43.2 Å². The van der Waals surface area contributed by atoms with Gasteiger partial charge in [0.15, 0.2) is 0 Å². The number of rotatable bonds is 5. The number of carbonyl (C=O) groups is 1. The van der Waals surface area contributed by atoms with Gasteiger partial charge in [0, 0.05) is 23.7 Å². The van der Waals surface area contributed by atoms with Crippen LogP contribution in [0.3, 0.4) is 0 Å². The SMILES string of the molecule is Cc1sc2ncn(CC(=O)Nc3ccc(F)cc3)c(=O)c2c1S(=O)(=O)N1CCOCC1. The van der Waals surface area contributed by atoms with Crippen LogP contribution in [0.25, 0.3) is 10.2 Å². The van der Waals surface area contributed by atoms with E-state index in [9.17, 15) is 22.4 Å². The summed E-state index contributed by atoms with van der Waals surface area (Å²) in [6, 6.07) is 5.19. The Bertz CT molecular complexity index is 1300. The van der Waals surface area contributed by atoms with Crippen molar-refractivity contribution in [2.45, 2.75) is 18.4 Å². The van der Waals surface area contributed by atoms with Crippen molar-refractivity contribution in [2.24, 2.45) is 0 Å². The summed E-state index contributed by atoms with van der Waals surface area (Å²) in [6.45, 7) is 2.23. The molecule has 1 amide bonds. The molecule has 0 spiro atoms. The molecule has 4 rings (SSSR count). The molecule has 1 aliphatic rings.